The van der Waals surface area contributed by atoms with E-state index in [0.717, 1.165) is 5.56 Å². The second-order valence-corrected chi connectivity index (χ2v) is 8.29. The third-order valence-electron chi connectivity index (χ3n) is 4.39. The third-order valence-corrected chi connectivity index (χ3v) is 6.15. The molecule has 2 aromatic rings. The van der Waals surface area contributed by atoms with Gasteiger partial charge < -0.3 is 9.64 Å². The number of methoxy groups -OCH3 is 1. The number of carbonyl (C=O) groups is 1. The Bertz CT molecular complexity index is 900. The first-order chi connectivity index (χ1) is 13.3. The van der Waals surface area contributed by atoms with Crippen LogP contribution in [0.15, 0.2) is 53.4 Å². The lowest BCUT2D eigenvalue weighted by molar-refractivity contribution is -0.132. The van der Waals surface area contributed by atoms with Gasteiger partial charge >= 0.3 is 0 Å². The molecule has 0 bridgehead atoms. The maximum absolute atomic E-state index is 12.9. The van der Waals surface area contributed by atoms with Gasteiger partial charge in [-0.2, -0.15) is 4.72 Å². The van der Waals surface area contributed by atoms with Gasteiger partial charge in [-0.15, -0.1) is 0 Å². The molecule has 1 atom stereocenters. The van der Waals surface area contributed by atoms with Crippen molar-refractivity contribution >= 4 is 27.5 Å². The first kappa shape index (κ1) is 22.2. The first-order valence-corrected chi connectivity index (χ1v) is 10.9. The predicted molar refractivity (Wildman–Crippen MR) is 110 cm³/mol. The highest BCUT2D eigenvalue weighted by Crippen LogP contribution is 2.27. The van der Waals surface area contributed by atoms with Gasteiger partial charge in [0.25, 0.3) is 0 Å². The molecule has 8 heteroatoms. The van der Waals surface area contributed by atoms with E-state index in [2.05, 4.69) is 4.72 Å². The number of halogens is 1. The Morgan fingerprint density at radius 2 is 1.79 bits per heavy atom. The van der Waals surface area contributed by atoms with Crippen LogP contribution in [0.4, 0.5) is 0 Å². The Hall–Kier alpha value is -2.09. The molecule has 28 heavy (non-hydrogen) atoms. The van der Waals surface area contributed by atoms with E-state index >= 15 is 0 Å². The van der Waals surface area contributed by atoms with Crippen LogP contribution in [0.3, 0.4) is 0 Å². The highest BCUT2D eigenvalue weighted by atomic mass is 35.5. The summed E-state index contributed by atoms with van der Waals surface area (Å²) in [6.07, 6.45) is 0.249. The van der Waals surface area contributed by atoms with Crippen LogP contribution in [0.25, 0.3) is 0 Å². The summed E-state index contributed by atoms with van der Waals surface area (Å²) in [4.78, 5) is 14.5. The monoisotopic (exact) mass is 424 g/mol. The molecule has 1 N–H and O–H groups in total. The lowest BCUT2D eigenvalue weighted by Crippen LogP contribution is -2.49. The number of sulfonamides is 1. The van der Waals surface area contributed by atoms with E-state index in [9.17, 15) is 13.2 Å². The quantitative estimate of drug-likeness (QED) is 0.671. The van der Waals surface area contributed by atoms with Gasteiger partial charge in [0.15, 0.2) is 0 Å². The van der Waals surface area contributed by atoms with E-state index in [1.165, 1.54) is 25.3 Å². The summed E-state index contributed by atoms with van der Waals surface area (Å²) >= 11 is 6.07. The minimum Gasteiger partial charge on any atom is -0.495 e. The van der Waals surface area contributed by atoms with Crippen molar-refractivity contribution in [2.45, 2.75) is 31.2 Å². The summed E-state index contributed by atoms with van der Waals surface area (Å²) in [6, 6.07) is 12.6. The average molecular weight is 425 g/mol. The predicted octanol–water partition coefficient (Wildman–Crippen LogP) is 3.11. The van der Waals surface area contributed by atoms with Gasteiger partial charge in [0, 0.05) is 13.1 Å². The minimum absolute atomic E-state index is 0.0243. The van der Waals surface area contributed by atoms with Crippen molar-refractivity contribution in [3.63, 3.8) is 0 Å². The van der Waals surface area contributed by atoms with Crippen molar-refractivity contribution < 1.29 is 17.9 Å². The standard InChI is InChI=1S/C20H25ClN2O4S/c1-4-23(5-2)20(24)18(13-15-9-7-6-8-10-15)22-28(25,26)16-11-12-19(27-3)17(21)14-16/h6-12,14,18,22H,4-5,13H2,1-3H3/t18-/m0/s1. The molecular formula is C20H25ClN2O4S. The van der Waals surface area contributed by atoms with Crippen LogP contribution in [0.2, 0.25) is 5.02 Å². The van der Waals surface area contributed by atoms with E-state index in [-0.39, 0.29) is 22.2 Å². The Morgan fingerprint density at radius 1 is 1.14 bits per heavy atom. The molecule has 1 amide bonds. The molecule has 0 saturated carbocycles. The number of amides is 1. The fourth-order valence-electron chi connectivity index (χ4n) is 2.85. The van der Waals surface area contributed by atoms with Gasteiger partial charge in [0.2, 0.25) is 15.9 Å². The molecule has 6 nitrogen and oxygen atoms in total. The number of nitrogens with zero attached hydrogens (tertiary/aromatic N) is 1. The van der Waals surface area contributed by atoms with E-state index < -0.39 is 16.1 Å². The number of hydrogen-bond acceptors (Lipinski definition) is 4. The van der Waals surface area contributed by atoms with Gasteiger partial charge in [-0.25, -0.2) is 8.42 Å². The van der Waals surface area contributed by atoms with Crippen molar-refractivity contribution in [3.05, 3.63) is 59.1 Å². The summed E-state index contributed by atoms with van der Waals surface area (Å²) in [5.41, 5.74) is 0.864. The number of ether oxygens (including phenoxy) is 1. The Labute approximate surface area is 171 Å². The van der Waals surface area contributed by atoms with Crippen LogP contribution < -0.4 is 9.46 Å². The van der Waals surface area contributed by atoms with Gasteiger partial charge in [-0.05, 0) is 44.0 Å². The second-order valence-electron chi connectivity index (χ2n) is 6.17. The van der Waals surface area contributed by atoms with Gasteiger partial charge in [-0.3, -0.25) is 4.79 Å². The van der Waals surface area contributed by atoms with Crippen molar-refractivity contribution in [2.24, 2.45) is 0 Å². The van der Waals surface area contributed by atoms with Crippen LogP contribution in [-0.2, 0) is 21.2 Å². The average Bonchev–Trinajstić information content (AvgIpc) is 2.69. The van der Waals surface area contributed by atoms with Crippen molar-refractivity contribution in [1.29, 1.82) is 0 Å². The molecule has 0 unspecified atom stereocenters. The van der Waals surface area contributed by atoms with Crippen LogP contribution >= 0.6 is 11.6 Å². The highest BCUT2D eigenvalue weighted by molar-refractivity contribution is 7.89. The SMILES string of the molecule is CCN(CC)C(=O)[C@H](Cc1ccccc1)NS(=O)(=O)c1ccc(OC)c(Cl)c1. The normalized spacial score (nSPS) is 12.4. The lowest BCUT2D eigenvalue weighted by Gasteiger charge is -2.26. The van der Waals surface area contributed by atoms with E-state index in [1.54, 1.807) is 4.90 Å². The van der Waals surface area contributed by atoms with Crippen LogP contribution in [0.1, 0.15) is 19.4 Å². The largest absolute Gasteiger partial charge is 0.495 e. The van der Waals surface area contributed by atoms with Crippen LogP contribution in [-0.4, -0.2) is 45.5 Å². The number of rotatable bonds is 9. The lowest BCUT2D eigenvalue weighted by atomic mass is 10.1. The molecule has 0 radical (unpaired) electrons. The number of likely N-dealkylation sites (N-methyl/N-ethyl adjacent to an activating group) is 1. The number of carbonyl (C=O) groups excluding carboxylic acids is 1. The van der Waals surface area contributed by atoms with Crippen LogP contribution in [0, 0.1) is 0 Å². The zero-order chi connectivity index (χ0) is 20.7. The summed E-state index contributed by atoms with van der Waals surface area (Å²) < 4.78 is 33.4. The topological polar surface area (TPSA) is 75.7 Å². The van der Waals surface area contributed by atoms with E-state index in [0.29, 0.717) is 18.8 Å². The Morgan fingerprint density at radius 3 is 2.32 bits per heavy atom. The molecule has 0 saturated heterocycles. The van der Waals surface area contributed by atoms with Crippen LogP contribution in [0.5, 0.6) is 5.75 Å². The second kappa shape index (κ2) is 9.91. The van der Waals surface area contributed by atoms with Gasteiger partial charge in [0.1, 0.15) is 11.8 Å². The third kappa shape index (κ3) is 5.47. The van der Waals surface area contributed by atoms with E-state index in [1.807, 2.05) is 44.2 Å². The molecule has 2 aromatic carbocycles. The molecule has 0 spiro atoms. The fraction of sp³-hybridized carbons (Fsp3) is 0.350. The van der Waals surface area contributed by atoms with Gasteiger partial charge in [-0.1, -0.05) is 41.9 Å². The smallest absolute Gasteiger partial charge is 0.241 e. The molecule has 0 aromatic heterocycles. The fourth-order valence-corrected chi connectivity index (χ4v) is 4.39. The number of hydrogen-bond donors (Lipinski definition) is 1. The minimum atomic E-state index is -3.96. The maximum atomic E-state index is 12.9. The zero-order valence-corrected chi connectivity index (χ0v) is 17.8. The first-order valence-electron chi connectivity index (χ1n) is 9.01. The zero-order valence-electron chi connectivity index (χ0n) is 16.2. The summed E-state index contributed by atoms with van der Waals surface area (Å²) in [5.74, 6) is 0.109. The molecule has 0 aliphatic rings. The van der Waals surface area contributed by atoms with Crippen molar-refractivity contribution in [3.8, 4) is 5.75 Å². The van der Waals surface area contributed by atoms with E-state index in [4.69, 9.17) is 16.3 Å². The molecule has 0 aliphatic carbocycles. The van der Waals surface area contributed by atoms with Gasteiger partial charge in [0.05, 0.1) is 17.0 Å². The molecule has 0 fully saturated rings. The van der Waals surface area contributed by atoms with Crippen molar-refractivity contribution in [1.82, 2.24) is 9.62 Å². The number of benzene rings is 2. The summed E-state index contributed by atoms with van der Waals surface area (Å²) in [5, 5.41) is 0.181. The summed E-state index contributed by atoms with van der Waals surface area (Å²) in [7, 11) is -2.51. The molecule has 0 aliphatic heterocycles. The van der Waals surface area contributed by atoms with Crippen molar-refractivity contribution in [2.75, 3.05) is 20.2 Å². The molecule has 152 valence electrons. The molecule has 2 rings (SSSR count). The Kier molecular flexibility index (Phi) is 7.86. The summed E-state index contributed by atoms with van der Waals surface area (Å²) in [6.45, 7) is 4.71. The maximum Gasteiger partial charge on any atom is 0.241 e. The molecule has 0 heterocycles. The Balaban J connectivity index is 2.34. The highest BCUT2D eigenvalue weighted by Gasteiger charge is 2.29. The molecular weight excluding hydrogens is 400 g/mol. The number of nitrogens with one attached hydrogen (secondary N) is 1.